The van der Waals surface area contributed by atoms with Crippen LogP contribution in [0.1, 0.15) is 29.6 Å². The van der Waals surface area contributed by atoms with Gasteiger partial charge in [-0.2, -0.15) is 0 Å². The number of rotatable bonds is 7. The number of hydrogen-bond donors (Lipinski definition) is 2. The lowest BCUT2D eigenvalue weighted by Gasteiger charge is -2.30. The highest BCUT2D eigenvalue weighted by Gasteiger charge is 2.25. The number of aromatic nitrogens is 1. The van der Waals surface area contributed by atoms with E-state index in [0.29, 0.717) is 38.6 Å². The van der Waals surface area contributed by atoms with Gasteiger partial charge in [0.1, 0.15) is 4.90 Å². The van der Waals surface area contributed by atoms with Crippen molar-refractivity contribution in [3.05, 3.63) is 101 Å². The number of pyridine rings is 1. The van der Waals surface area contributed by atoms with E-state index in [0.717, 1.165) is 37.2 Å². The number of nitrogens with zero attached hydrogens (tertiary/aromatic N) is 2. The van der Waals surface area contributed by atoms with Crippen LogP contribution in [0.5, 0.6) is 0 Å². The lowest BCUT2D eigenvalue weighted by Crippen LogP contribution is -2.31. The van der Waals surface area contributed by atoms with Crippen molar-refractivity contribution in [2.24, 2.45) is 0 Å². The second kappa shape index (κ2) is 11.5. The molecule has 2 N–H and O–H groups in total. The van der Waals surface area contributed by atoms with Gasteiger partial charge in [0.25, 0.3) is 15.9 Å². The van der Waals surface area contributed by atoms with E-state index in [1.54, 1.807) is 53.8 Å². The van der Waals surface area contributed by atoms with Crippen molar-refractivity contribution in [2.45, 2.75) is 24.2 Å². The maximum atomic E-state index is 13.8. The number of anilines is 3. The third-order valence-corrected chi connectivity index (χ3v) is 9.67. The van der Waals surface area contributed by atoms with Crippen LogP contribution in [0.15, 0.2) is 95.2 Å². The van der Waals surface area contributed by atoms with Crippen LogP contribution < -0.4 is 14.9 Å². The van der Waals surface area contributed by atoms with Gasteiger partial charge in [0.2, 0.25) is 0 Å². The van der Waals surface area contributed by atoms with Crippen LogP contribution in [0, 0.1) is 0 Å². The van der Waals surface area contributed by atoms with Crippen LogP contribution in [0.3, 0.4) is 0 Å². The summed E-state index contributed by atoms with van der Waals surface area (Å²) in [6.45, 7) is 1.52. The smallest absolute Gasteiger partial charge is 0.264 e. The Labute approximate surface area is 247 Å². The highest BCUT2D eigenvalue weighted by molar-refractivity contribution is 7.93. The summed E-state index contributed by atoms with van der Waals surface area (Å²) in [5, 5.41) is 5.92. The number of thiophene rings is 1. The van der Waals surface area contributed by atoms with E-state index in [4.69, 9.17) is 16.6 Å². The van der Waals surface area contributed by atoms with Crippen molar-refractivity contribution in [2.75, 3.05) is 28.0 Å². The number of sulfonamides is 1. The summed E-state index contributed by atoms with van der Waals surface area (Å²) in [5.74, 6) is -0.352. The van der Waals surface area contributed by atoms with Crippen molar-refractivity contribution >= 4 is 66.8 Å². The van der Waals surface area contributed by atoms with Crippen molar-refractivity contribution in [1.82, 2.24) is 4.98 Å². The molecule has 1 fully saturated rings. The van der Waals surface area contributed by atoms with Gasteiger partial charge in [-0.15, -0.1) is 11.3 Å². The number of fused-ring (bicyclic) bond motifs is 1. The summed E-state index contributed by atoms with van der Waals surface area (Å²) in [6.07, 6.45) is 3.08. The molecule has 208 valence electrons. The zero-order chi connectivity index (χ0) is 28.4. The normalized spacial score (nSPS) is 13.7. The van der Waals surface area contributed by atoms with Gasteiger partial charge in [0.15, 0.2) is 0 Å². The Morgan fingerprint density at radius 1 is 0.902 bits per heavy atom. The summed E-state index contributed by atoms with van der Waals surface area (Å²) < 4.78 is 30.2. The molecule has 5 aromatic rings. The van der Waals surface area contributed by atoms with Crippen LogP contribution in [-0.2, 0) is 10.0 Å². The average molecular weight is 603 g/mol. The Hall–Kier alpha value is -3.92. The molecule has 3 heterocycles. The lowest BCUT2D eigenvalue weighted by molar-refractivity contribution is 0.102. The molecule has 6 rings (SSSR count). The fraction of sp³-hybridized carbons (Fsp3) is 0.161. The zero-order valence-electron chi connectivity index (χ0n) is 22.0. The molecule has 0 aliphatic carbocycles. The number of halogens is 1. The first kappa shape index (κ1) is 27.3. The van der Waals surface area contributed by atoms with Crippen molar-refractivity contribution < 1.29 is 13.2 Å². The molecule has 0 saturated carbocycles. The van der Waals surface area contributed by atoms with Gasteiger partial charge in [-0.1, -0.05) is 48.0 Å². The van der Waals surface area contributed by atoms with Crippen LogP contribution in [0.2, 0.25) is 5.02 Å². The molecule has 0 bridgehead atoms. The minimum atomic E-state index is -4.05. The van der Waals surface area contributed by atoms with Crippen molar-refractivity contribution in [1.29, 1.82) is 0 Å². The number of amides is 1. The highest BCUT2D eigenvalue weighted by atomic mass is 35.5. The Morgan fingerprint density at radius 3 is 2.46 bits per heavy atom. The molecule has 0 atom stereocenters. The molecule has 0 unspecified atom stereocenters. The zero-order valence-corrected chi connectivity index (χ0v) is 24.4. The lowest BCUT2D eigenvalue weighted by atomic mass is 10.1. The number of para-hydroxylation sites is 2. The third kappa shape index (κ3) is 5.79. The quantitative estimate of drug-likeness (QED) is 0.199. The van der Waals surface area contributed by atoms with E-state index in [9.17, 15) is 13.2 Å². The molecule has 7 nitrogen and oxygen atoms in total. The molecule has 0 spiro atoms. The van der Waals surface area contributed by atoms with Gasteiger partial charge >= 0.3 is 0 Å². The maximum absolute atomic E-state index is 13.8. The van der Waals surface area contributed by atoms with E-state index < -0.39 is 10.0 Å². The molecule has 41 heavy (non-hydrogen) atoms. The number of hydrogen-bond acceptors (Lipinski definition) is 6. The summed E-state index contributed by atoms with van der Waals surface area (Å²) in [4.78, 5) is 21.6. The topological polar surface area (TPSA) is 91.4 Å². The second-order valence-electron chi connectivity index (χ2n) is 9.82. The van der Waals surface area contributed by atoms with Crippen molar-refractivity contribution in [3.8, 4) is 10.6 Å². The molecule has 2 aromatic heterocycles. The Balaban J connectivity index is 1.39. The Morgan fingerprint density at radius 2 is 1.68 bits per heavy atom. The molecule has 3 aromatic carbocycles. The van der Waals surface area contributed by atoms with Gasteiger partial charge in [-0.05, 0) is 73.2 Å². The van der Waals surface area contributed by atoms with E-state index in [1.165, 1.54) is 6.07 Å². The Kier molecular flexibility index (Phi) is 7.66. The van der Waals surface area contributed by atoms with E-state index in [-0.39, 0.29) is 16.5 Å². The molecule has 1 aliphatic heterocycles. The van der Waals surface area contributed by atoms with Gasteiger partial charge in [-0.3, -0.25) is 9.52 Å². The van der Waals surface area contributed by atoms with Crippen LogP contribution in [0.25, 0.3) is 21.5 Å². The number of benzene rings is 3. The molecule has 1 amide bonds. The molecule has 0 radical (unpaired) electrons. The molecule has 1 saturated heterocycles. The molecule has 10 heteroatoms. The van der Waals surface area contributed by atoms with Gasteiger partial charge in [0, 0.05) is 24.2 Å². The summed E-state index contributed by atoms with van der Waals surface area (Å²) in [5.41, 5.74) is 3.12. The predicted octanol–water partition coefficient (Wildman–Crippen LogP) is 7.66. The number of carbonyl (C=O) groups excluding carboxylic acids is 1. The third-order valence-electron chi connectivity index (χ3n) is 7.06. The molecule has 1 aliphatic rings. The predicted molar refractivity (Wildman–Crippen MR) is 168 cm³/mol. The van der Waals surface area contributed by atoms with Gasteiger partial charge in [-0.25, -0.2) is 13.4 Å². The van der Waals surface area contributed by atoms with Crippen LogP contribution in [-0.4, -0.2) is 32.4 Å². The first-order valence-corrected chi connectivity index (χ1v) is 16.0. The first-order valence-electron chi connectivity index (χ1n) is 13.3. The van der Waals surface area contributed by atoms with E-state index >= 15 is 0 Å². The van der Waals surface area contributed by atoms with Gasteiger partial charge < -0.3 is 10.2 Å². The molecular formula is C31H27ClN4O3S2. The largest absolute Gasteiger partial charge is 0.370 e. The Bertz CT molecular complexity index is 1840. The standard InChI is InChI=1S/C31H27ClN4O3S2/c32-24-10-3-5-12-26(24)35-41(38,39)30-19-21(14-15-28(30)36-16-6-1-7-17-36)33-31(37)23-20-27(29-13-8-18-40-29)34-25-11-4-2-9-22(23)25/h2-5,8-15,18-20,35H,1,6-7,16-17H2,(H,33,37). The minimum absolute atomic E-state index is 0.0796. The van der Waals surface area contributed by atoms with Crippen LogP contribution >= 0.6 is 22.9 Å². The number of piperidine rings is 1. The van der Waals surface area contributed by atoms with Crippen molar-refractivity contribution in [3.63, 3.8) is 0 Å². The highest BCUT2D eigenvalue weighted by Crippen LogP contribution is 2.34. The minimum Gasteiger partial charge on any atom is -0.370 e. The summed E-state index contributed by atoms with van der Waals surface area (Å²) in [6, 6.07) is 24.9. The second-order valence-corrected chi connectivity index (χ2v) is 12.8. The summed E-state index contributed by atoms with van der Waals surface area (Å²) >= 11 is 7.82. The van der Waals surface area contributed by atoms with E-state index in [1.807, 2.05) is 41.8 Å². The number of carbonyl (C=O) groups is 1. The SMILES string of the molecule is O=C(Nc1ccc(N2CCCCC2)c(S(=O)(=O)Nc2ccccc2Cl)c1)c1cc(-c2cccs2)nc2ccccc12. The average Bonchev–Trinajstić information content (AvgIpc) is 3.53. The maximum Gasteiger partial charge on any atom is 0.264 e. The number of nitrogens with one attached hydrogen (secondary N) is 2. The first-order chi connectivity index (χ1) is 19.9. The van der Waals surface area contributed by atoms with Gasteiger partial charge in [0.05, 0.1) is 38.0 Å². The monoisotopic (exact) mass is 602 g/mol. The fourth-order valence-electron chi connectivity index (χ4n) is 5.06. The van der Waals surface area contributed by atoms with Crippen LogP contribution in [0.4, 0.5) is 17.1 Å². The molecular weight excluding hydrogens is 576 g/mol. The summed E-state index contributed by atoms with van der Waals surface area (Å²) in [7, 11) is -4.05. The fourth-order valence-corrected chi connectivity index (χ4v) is 7.32. The van der Waals surface area contributed by atoms with E-state index in [2.05, 4.69) is 14.9 Å².